The van der Waals surface area contributed by atoms with E-state index in [1.807, 2.05) is 0 Å². The van der Waals surface area contributed by atoms with E-state index in [0.717, 1.165) is 83.5 Å². The van der Waals surface area contributed by atoms with Crippen LogP contribution in [0.4, 0.5) is 0 Å². The van der Waals surface area contributed by atoms with Crippen molar-refractivity contribution in [1.29, 1.82) is 0 Å². The first kappa shape index (κ1) is 49.3. The number of hydrogen-bond donors (Lipinski definition) is 0. The van der Waals surface area contributed by atoms with E-state index in [0.29, 0.717) is 12.8 Å². The van der Waals surface area contributed by atoms with Gasteiger partial charge in [-0.1, -0.05) is 120 Å². The van der Waals surface area contributed by atoms with Crippen LogP contribution < -0.4 is 5.11 Å². The molecular formula is C44H77NO7. The third-order valence-corrected chi connectivity index (χ3v) is 8.95. The van der Waals surface area contributed by atoms with Gasteiger partial charge in [-0.3, -0.25) is 9.59 Å². The fraction of sp³-hybridized carbons (Fsp3) is 0.750. The molecule has 8 nitrogen and oxygen atoms in total. The lowest BCUT2D eigenvalue weighted by atomic mass is 10.1. The van der Waals surface area contributed by atoms with Gasteiger partial charge in [-0.05, 0) is 70.6 Å². The molecule has 0 aliphatic heterocycles. The highest BCUT2D eigenvalue weighted by molar-refractivity contribution is 5.70. The summed E-state index contributed by atoms with van der Waals surface area (Å²) in [6.45, 7) is 4.49. The van der Waals surface area contributed by atoms with Crippen molar-refractivity contribution in [1.82, 2.24) is 0 Å². The van der Waals surface area contributed by atoms with Gasteiger partial charge in [-0.25, -0.2) is 0 Å². The van der Waals surface area contributed by atoms with Crippen LogP contribution in [-0.4, -0.2) is 75.5 Å². The van der Waals surface area contributed by atoms with Crippen molar-refractivity contribution < 1.29 is 38.2 Å². The van der Waals surface area contributed by atoms with Gasteiger partial charge in [0.05, 0.1) is 40.3 Å². The number of aliphatic carboxylic acids is 1. The molecule has 0 heterocycles. The Hall–Kier alpha value is -2.71. The van der Waals surface area contributed by atoms with E-state index in [9.17, 15) is 19.5 Å². The Morgan fingerprint density at radius 1 is 0.596 bits per heavy atom. The fourth-order valence-electron chi connectivity index (χ4n) is 5.73. The zero-order valence-electron chi connectivity index (χ0n) is 34.0. The lowest BCUT2D eigenvalue weighted by molar-refractivity contribution is -0.889. The summed E-state index contributed by atoms with van der Waals surface area (Å²) in [5.41, 5.74) is 0. The van der Waals surface area contributed by atoms with Crippen LogP contribution in [0, 0.1) is 0 Å². The first-order valence-corrected chi connectivity index (χ1v) is 20.7. The van der Waals surface area contributed by atoms with E-state index >= 15 is 0 Å². The fourth-order valence-corrected chi connectivity index (χ4v) is 5.73. The summed E-state index contributed by atoms with van der Waals surface area (Å²) in [4.78, 5) is 36.7. The SMILES string of the molecule is CC/C=C/C/C=C/C/C=C/CCCCCCC(=O)OC(COCCC(C(=O)[O-])[N+](C)(C)C)COC(=O)CCCCC/C=C/CCCCCCCCC. The lowest BCUT2D eigenvalue weighted by Gasteiger charge is -2.34. The molecule has 0 aromatic rings. The number of esters is 2. The summed E-state index contributed by atoms with van der Waals surface area (Å²) in [5, 5.41) is 11.6. The number of hydrogen-bond acceptors (Lipinski definition) is 7. The molecule has 0 rings (SSSR count). The number of carboxylic acid groups (broad SMARTS) is 1. The van der Waals surface area contributed by atoms with E-state index in [-0.39, 0.29) is 42.7 Å². The summed E-state index contributed by atoms with van der Waals surface area (Å²) >= 11 is 0. The van der Waals surface area contributed by atoms with Crippen LogP contribution in [0.1, 0.15) is 162 Å². The Morgan fingerprint density at radius 2 is 1.08 bits per heavy atom. The summed E-state index contributed by atoms with van der Waals surface area (Å²) in [7, 11) is 5.38. The molecule has 0 aromatic carbocycles. The number of rotatable bonds is 36. The number of carbonyl (C=O) groups is 3. The highest BCUT2D eigenvalue weighted by Crippen LogP contribution is 2.12. The van der Waals surface area contributed by atoms with Crippen molar-refractivity contribution in [3.8, 4) is 0 Å². The monoisotopic (exact) mass is 732 g/mol. The molecule has 2 atom stereocenters. The van der Waals surface area contributed by atoms with Crippen LogP contribution in [0.25, 0.3) is 0 Å². The van der Waals surface area contributed by atoms with Crippen LogP contribution >= 0.6 is 0 Å². The van der Waals surface area contributed by atoms with Crippen molar-refractivity contribution >= 4 is 17.9 Å². The normalized spacial score (nSPS) is 13.5. The number of allylic oxidation sites excluding steroid dienone is 8. The highest BCUT2D eigenvalue weighted by atomic mass is 16.6. The Balaban J connectivity index is 4.45. The Labute approximate surface area is 318 Å². The molecule has 0 amide bonds. The largest absolute Gasteiger partial charge is 0.544 e. The number of likely N-dealkylation sites (N-methyl/N-ethyl adjacent to an activating group) is 1. The molecular weight excluding hydrogens is 654 g/mol. The van der Waals surface area contributed by atoms with Crippen LogP contribution in [0.15, 0.2) is 48.6 Å². The van der Waals surface area contributed by atoms with E-state index in [1.165, 1.54) is 44.9 Å². The minimum atomic E-state index is -1.13. The predicted molar refractivity (Wildman–Crippen MR) is 213 cm³/mol. The summed E-state index contributed by atoms with van der Waals surface area (Å²) in [6, 6.07) is -0.732. The zero-order valence-corrected chi connectivity index (χ0v) is 34.0. The van der Waals surface area contributed by atoms with Gasteiger partial charge in [0, 0.05) is 19.3 Å². The number of ether oxygens (including phenoxy) is 3. The molecule has 0 aliphatic rings. The molecule has 0 saturated heterocycles. The third kappa shape index (κ3) is 33.1. The predicted octanol–water partition coefficient (Wildman–Crippen LogP) is 9.52. The van der Waals surface area contributed by atoms with Gasteiger partial charge in [0.25, 0.3) is 0 Å². The number of unbranched alkanes of at least 4 members (excludes halogenated alkanes) is 14. The maximum absolute atomic E-state index is 12.7. The number of carbonyl (C=O) groups excluding carboxylic acids is 3. The Morgan fingerprint density at radius 3 is 1.63 bits per heavy atom. The van der Waals surface area contributed by atoms with Gasteiger partial charge in [0.15, 0.2) is 6.10 Å². The van der Waals surface area contributed by atoms with E-state index in [1.54, 1.807) is 21.1 Å². The Kier molecular flexibility index (Phi) is 33.5. The van der Waals surface area contributed by atoms with Gasteiger partial charge >= 0.3 is 11.9 Å². The molecule has 300 valence electrons. The van der Waals surface area contributed by atoms with Gasteiger partial charge in [-0.15, -0.1) is 0 Å². The maximum atomic E-state index is 12.7. The van der Waals surface area contributed by atoms with Crippen molar-refractivity contribution in [3.05, 3.63) is 48.6 Å². The van der Waals surface area contributed by atoms with Gasteiger partial charge in [-0.2, -0.15) is 0 Å². The quantitative estimate of drug-likeness (QED) is 0.0274. The molecule has 0 N–H and O–H groups in total. The minimum Gasteiger partial charge on any atom is -0.544 e. The molecule has 0 spiro atoms. The molecule has 0 radical (unpaired) electrons. The molecule has 8 heteroatoms. The number of quaternary nitrogens is 1. The van der Waals surface area contributed by atoms with Crippen LogP contribution in [0.5, 0.6) is 0 Å². The number of nitrogens with zero attached hydrogens (tertiary/aromatic N) is 1. The second kappa shape index (κ2) is 35.3. The summed E-state index contributed by atoms with van der Waals surface area (Å²) in [5.74, 6) is -1.79. The molecule has 52 heavy (non-hydrogen) atoms. The average molecular weight is 732 g/mol. The molecule has 0 saturated carbocycles. The van der Waals surface area contributed by atoms with E-state index < -0.39 is 18.1 Å². The second-order valence-electron chi connectivity index (χ2n) is 14.8. The first-order valence-electron chi connectivity index (χ1n) is 20.7. The molecule has 2 unspecified atom stereocenters. The lowest BCUT2D eigenvalue weighted by Crippen LogP contribution is -2.55. The van der Waals surface area contributed by atoms with E-state index in [4.69, 9.17) is 14.2 Å². The highest BCUT2D eigenvalue weighted by Gasteiger charge is 2.25. The van der Waals surface area contributed by atoms with Crippen LogP contribution in [0.3, 0.4) is 0 Å². The van der Waals surface area contributed by atoms with Crippen molar-refractivity contribution in [3.63, 3.8) is 0 Å². The van der Waals surface area contributed by atoms with Gasteiger partial charge in [0.2, 0.25) is 0 Å². The average Bonchev–Trinajstić information content (AvgIpc) is 3.09. The Bertz CT molecular complexity index is 995. The molecule has 0 aromatic heterocycles. The smallest absolute Gasteiger partial charge is 0.306 e. The topological polar surface area (TPSA) is 102 Å². The molecule has 0 aliphatic carbocycles. The molecule has 0 fully saturated rings. The second-order valence-corrected chi connectivity index (χ2v) is 14.8. The van der Waals surface area contributed by atoms with Crippen molar-refractivity contribution in [2.24, 2.45) is 0 Å². The third-order valence-electron chi connectivity index (χ3n) is 8.95. The van der Waals surface area contributed by atoms with Crippen LogP contribution in [0.2, 0.25) is 0 Å². The number of carboxylic acids is 1. The van der Waals surface area contributed by atoms with Crippen molar-refractivity contribution in [2.75, 3.05) is 41.0 Å². The zero-order chi connectivity index (χ0) is 38.5. The van der Waals surface area contributed by atoms with Gasteiger partial charge in [0.1, 0.15) is 12.6 Å². The summed E-state index contributed by atoms with van der Waals surface area (Å²) in [6.07, 6.45) is 39.9. The first-order chi connectivity index (χ1) is 25.1. The maximum Gasteiger partial charge on any atom is 0.306 e. The van der Waals surface area contributed by atoms with Gasteiger partial charge < -0.3 is 28.6 Å². The molecule has 0 bridgehead atoms. The van der Waals surface area contributed by atoms with Crippen LogP contribution in [-0.2, 0) is 28.6 Å². The minimum absolute atomic E-state index is 0.0259. The van der Waals surface area contributed by atoms with Crippen molar-refractivity contribution in [2.45, 2.75) is 174 Å². The van der Waals surface area contributed by atoms with E-state index in [2.05, 4.69) is 62.5 Å². The standard InChI is InChI=1S/C44H77NO7/c1-6-8-10-12-14-16-18-20-22-24-26-28-30-32-34-42(46)51-39-40(38-50-37-36-41(44(48)49)45(3,4)5)52-43(47)35-33-31-29-27-25-23-21-19-17-15-13-11-9-7-2/h9,11,15,17,21-24,40-41H,6-8,10,12-14,16,18-20,25-39H2,1-5H3/b11-9+,17-15+,23-21+,24-22+. The summed E-state index contributed by atoms with van der Waals surface area (Å²) < 4.78 is 17.1.